The summed E-state index contributed by atoms with van der Waals surface area (Å²) >= 11 is 8.90. The minimum absolute atomic E-state index is 0.00344. The molecule has 0 radical (unpaired) electrons. The van der Waals surface area contributed by atoms with E-state index in [1.807, 2.05) is 59.9 Å². The van der Waals surface area contributed by atoms with Crippen molar-refractivity contribution in [3.05, 3.63) is 90.2 Å². The van der Waals surface area contributed by atoms with Crippen molar-refractivity contribution >= 4 is 45.5 Å². The summed E-state index contributed by atoms with van der Waals surface area (Å²) in [6.07, 6.45) is 3.21. The summed E-state index contributed by atoms with van der Waals surface area (Å²) < 4.78 is 18.3. The molecule has 21 heteroatoms. The highest BCUT2D eigenvalue weighted by atomic mass is 79.9. The standard InChI is InChI=1S/C9H13ClN2O2.C9H14N2O3.C8H11N3O.C8H9N3.C6H6BrN3/c1-6-7(4-5-10)8(9(13)14-3)11-12(6)2;1-6-7(4-5-12)8(9(13)14-3)10-11(6)2;1-6-7(3-4-12)8(5-9)10-11(6)2;1-4-7-6(2)11(3)10-8(7)5-9;1-4-6(7)5(3-8)9-10(4)2/h4-5H2,1-3H3;12H,4-5H2,1-3H3;12H,3-4H2,1-2H3;4H,1H2,2-3H3;1-2H3. The number of hydrogen-bond donors (Lipinski definition) is 2. The van der Waals surface area contributed by atoms with Crippen molar-refractivity contribution < 1.29 is 29.3 Å². The van der Waals surface area contributed by atoms with E-state index >= 15 is 0 Å². The Morgan fingerprint density at radius 1 is 0.639 bits per heavy atom. The Morgan fingerprint density at radius 3 is 1.34 bits per heavy atom. The van der Waals surface area contributed by atoms with Crippen molar-refractivity contribution in [3.8, 4) is 18.2 Å². The van der Waals surface area contributed by atoms with E-state index in [0.29, 0.717) is 53.6 Å². The Hall–Kier alpha value is -6.11. The van der Waals surface area contributed by atoms with Crippen LogP contribution in [0.25, 0.3) is 6.08 Å². The number of aromatic nitrogens is 10. The number of alkyl halides is 1. The van der Waals surface area contributed by atoms with E-state index in [1.165, 1.54) is 14.2 Å². The van der Waals surface area contributed by atoms with Crippen molar-refractivity contribution in [1.29, 1.82) is 15.8 Å². The van der Waals surface area contributed by atoms with Gasteiger partial charge in [-0.05, 0) is 63.4 Å². The number of halogens is 2. The summed E-state index contributed by atoms with van der Waals surface area (Å²) in [6.45, 7) is 13.1. The number of carbonyl (C=O) groups excluding carboxylic acids is 2. The summed E-state index contributed by atoms with van der Waals surface area (Å²) in [5, 5.41) is 63.4. The number of nitrogens with zero attached hydrogens (tertiary/aromatic N) is 13. The number of nitriles is 3. The third-order valence-corrected chi connectivity index (χ3v) is 10.5. The molecule has 0 amide bonds. The summed E-state index contributed by atoms with van der Waals surface area (Å²) in [7, 11) is 11.6. The molecule has 0 aliphatic carbocycles. The Kier molecular flexibility index (Phi) is 22.1. The van der Waals surface area contributed by atoms with Gasteiger partial charge in [-0.15, -0.1) is 11.6 Å². The number of ether oxygens (including phenoxy) is 2. The summed E-state index contributed by atoms with van der Waals surface area (Å²) in [6, 6.07) is 5.98. The molecule has 5 aromatic rings. The predicted molar refractivity (Wildman–Crippen MR) is 230 cm³/mol. The monoisotopic (exact) mass is 925 g/mol. The number of aliphatic hydroxyl groups is 2. The second kappa shape index (κ2) is 25.5. The lowest BCUT2D eigenvalue weighted by Gasteiger charge is -1.99. The molecule has 0 saturated carbocycles. The van der Waals surface area contributed by atoms with Crippen LogP contribution in [0.3, 0.4) is 0 Å². The number of carbonyl (C=O) groups is 2. The summed E-state index contributed by atoms with van der Waals surface area (Å²) in [5.74, 6) is -0.401. The van der Waals surface area contributed by atoms with Gasteiger partial charge in [-0.25, -0.2) is 9.59 Å². The number of aryl methyl sites for hydroxylation is 5. The van der Waals surface area contributed by atoms with E-state index in [4.69, 9.17) is 37.6 Å². The van der Waals surface area contributed by atoms with Gasteiger partial charge in [0.15, 0.2) is 28.5 Å². The minimum Gasteiger partial charge on any atom is -0.464 e. The highest BCUT2D eigenvalue weighted by molar-refractivity contribution is 9.10. The van der Waals surface area contributed by atoms with Crippen LogP contribution in [-0.4, -0.2) is 104 Å². The maximum absolute atomic E-state index is 11.3. The number of rotatable bonds is 9. The molecule has 2 N–H and O–H groups in total. The van der Waals surface area contributed by atoms with Crippen LogP contribution < -0.4 is 0 Å². The molecule has 0 aliphatic heterocycles. The topological polar surface area (TPSA) is 254 Å². The van der Waals surface area contributed by atoms with Crippen molar-refractivity contribution in [1.82, 2.24) is 48.9 Å². The summed E-state index contributed by atoms with van der Waals surface area (Å²) in [4.78, 5) is 22.6. The highest BCUT2D eigenvalue weighted by Gasteiger charge is 2.20. The Bertz CT molecular complexity index is 2350. The van der Waals surface area contributed by atoms with E-state index < -0.39 is 11.9 Å². The van der Waals surface area contributed by atoms with E-state index in [9.17, 15) is 9.59 Å². The molecule has 0 spiro atoms. The molecule has 328 valence electrons. The quantitative estimate of drug-likeness (QED) is 0.156. The first-order valence-electron chi connectivity index (χ1n) is 18.4. The lowest BCUT2D eigenvalue weighted by atomic mass is 10.1. The molecule has 0 bridgehead atoms. The highest BCUT2D eigenvalue weighted by Crippen LogP contribution is 2.19. The van der Waals surface area contributed by atoms with Gasteiger partial charge in [-0.2, -0.15) is 41.3 Å². The van der Waals surface area contributed by atoms with Crippen molar-refractivity contribution in [2.75, 3.05) is 33.3 Å². The van der Waals surface area contributed by atoms with Crippen LogP contribution in [0.4, 0.5) is 0 Å². The number of esters is 2. The first-order chi connectivity index (χ1) is 28.8. The van der Waals surface area contributed by atoms with E-state index in [0.717, 1.165) is 55.2 Å². The van der Waals surface area contributed by atoms with Gasteiger partial charge in [0.2, 0.25) is 0 Å². The molecule has 0 unspecified atom stereocenters. The van der Waals surface area contributed by atoms with Crippen LogP contribution in [0.15, 0.2) is 11.1 Å². The van der Waals surface area contributed by atoms with Gasteiger partial charge >= 0.3 is 11.9 Å². The minimum atomic E-state index is -0.461. The van der Waals surface area contributed by atoms with Gasteiger partial charge in [0.1, 0.15) is 18.2 Å². The van der Waals surface area contributed by atoms with Crippen LogP contribution in [0.1, 0.15) is 88.8 Å². The lowest BCUT2D eigenvalue weighted by Crippen LogP contribution is -2.06. The second-order valence-electron chi connectivity index (χ2n) is 12.9. The maximum Gasteiger partial charge on any atom is 0.358 e. The first-order valence-corrected chi connectivity index (χ1v) is 19.7. The molecule has 19 nitrogen and oxygen atoms in total. The Balaban J connectivity index is 0.000000383. The fourth-order valence-electron chi connectivity index (χ4n) is 5.39. The molecular formula is C40H53BrClN13O6. The largest absolute Gasteiger partial charge is 0.464 e. The van der Waals surface area contributed by atoms with Crippen molar-refractivity contribution in [2.45, 2.75) is 53.9 Å². The third kappa shape index (κ3) is 13.7. The van der Waals surface area contributed by atoms with Crippen molar-refractivity contribution in [3.63, 3.8) is 0 Å². The van der Waals surface area contributed by atoms with Crippen LogP contribution in [0, 0.1) is 68.6 Å². The van der Waals surface area contributed by atoms with Crippen molar-refractivity contribution in [2.24, 2.45) is 35.2 Å². The smallest absolute Gasteiger partial charge is 0.358 e. The number of aliphatic hydroxyl groups excluding tert-OH is 2. The molecule has 0 atom stereocenters. The van der Waals surface area contributed by atoms with Crippen LogP contribution in [0.2, 0.25) is 0 Å². The molecule has 0 aromatic carbocycles. The second-order valence-corrected chi connectivity index (χ2v) is 14.0. The zero-order chi connectivity index (χ0) is 46.7. The van der Waals surface area contributed by atoms with Gasteiger partial charge < -0.3 is 19.7 Å². The molecule has 0 aliphatic rings. The van der Waals surface area contributed by atoms with E-state index in [1.54, 1.807) is 57.7 Å². The van der Waals surface area contributed by atoms with Gasteiger partial charge in [-0.3, -0.25) is 23.4 Å². The number of methoxy groups -OCH3 is 2. The molecule has 5 heterocycles. The average molecular weight is 927 g/mol. The maximum atomic E-state index is 11.3. The molecule has 0 saturated heterocycles. The molecule has 5 rings (SSSR count). The average Bonchev–Trinajstić information content (AvgIpc) is 3.97. The van der Waals surface area contributed by atoms with Gasteiger partial charge in [0.05, 0.1) is 24.4 Å². The molecule has 5 aromatic heterocycles. The van der Waals surface area contributed by atoms with Crippen LogP contribution >= 0.6 is 27.5 Å². The predicted octanol–water partition coefficient (Wildman–Crippen LogP) is 4.09. The Labute approximate surface area is 369 Å². The van der Waals surface area contributed by atoms with Gasteiger partial charge in [-0.1, -0.05) is 12.7 Å². The van der Waals surface area contributed by atoms with Crippen LogP contribution in [0.5, 0.6) is 0 Å². The normalized spacial score (nSPS) is 9.85. The van der Waals surface area contributed by atoms with E-state index in [-0.39, 0.29) is 13.2 Å². The Morgan fingerprint density at radius 2 is 1.00 bits per heavy atom. The SMILES string of the molecule is C=Cc1c(C#N)nn(C)c1C.COC(=O)c1nn(C)c(C)c1CCCl.COC(=O)c1nn(C)c(C)c1CCO.Cc1c(Br)c(C#N)nn1C.Cc1c(CCO)c(C#N)nn1C. The lowest BCUT2D eigenvalue weighted by molar-refractivity contribution is 0.0583. The fraction of sp³-hybridized carbons (Fsp3) is 0.450. The fourth-order valence-corrected chi connectivity index (χ4v) is 6.00. The van der Waals surface area contributed by atoms with Gasteiger partial charge in [0, 0.05) is 106 Å². The third-order valence-electron chi connectivity index (χ3n) is 9.36. The molecule has 61 heavy (non-hydrogen) atoms. The van der Waals surface area contributed by atoms with Crippen LogP contribution in [-0.2, 0) is 64.0 Å². The van der Waals surface area contributed by atoms with E-state index in [2.05, 4.69) is 57.5 Å². The van der Waals surface area contributed by atoms with Gasteiger partial charge in [0.25, 0.3) is 0 Å². The zero-order valence-corrected chi connectivity index (χ0v) is 39.0. The molecule has 0 fully saturated rings. The summed E-state index contributed by atoms with van der Waals surface area (Å²) in [5.41, 5.74) is 9.98. The zero-order valence-electron chi connectivity index (χ0n) is 36.6. The molecular weight excluding hydrogens is 874 g/mol. The first kappa shape index (κ1) is 52.9. The number of hydrogen-bond acceptors (Lipinski definition) is 14.